The van der Waals surface area contributed by atoms with Crippen molar-refractivity contribution < 1.29 is 14.6 Å². The molecule has 1 aliphatic rings. The third-order valence-electron chi connectivity index (χ3n) is 4.47. The van der Waals surface area contributed by atoms with Crippen LogP contribution in [0, 0.1) is 5.41 Å². The van der Waals surface area contributed by atoms with E-state index in [4.69, 9.17) is 9.47 Å². The van der Waals surface area contributed by atoms with Gasteiger partial charge in [-0.05, 0) is 31.7 Å². The fourth-order valence-electron chi connectivity index (χ4n) is 2.89. The zero-order valence-electron chi connectivity index (χ0n) is 16.0. The maximum absolute atomic E-state index is 9.34. The Balaban J connectivity index is 1.91. The van der Waals surface area contributed by atoms with E-state index in [0.29, 0.717) is 25.6 Å². The van der Waals surface area contributed by atoms with Crippen LogP contribution in [0.2, 0.25) is 0 Å². The third-order valence-corrected chi connectivity index (χ3v) is 4.47. The van der Waals surface area contributed by atoms with Gasteiger partial charge in [-0.15, -0.1) is 0 Å². The number of nitrogens with zero attached hydrogens (tertiary/aromatic N) is 2. The van der Waals surface area contributed by atoms with Gasteiger partial charge in [0, 0.05) is 44.0 Å². The second kappa shape index (κ2) is 11.0. The lowest BCUT2D eigenvalue weighted by atomic mass is 9.84. The van der Waals surface area contributed by atoms with Gasteiger partial charge in [0.2, 0.25) is 5.88 Å². The van der Waals surface area contributed by atoms with E-state index < -0.39 is 0 Å². The number of ether oxygens (including phenoxy) is 2. The van der Waals surface area contributed by atoms with Gasteiger partial charge in [0.1, 0.15) is 0 Å². The van der Waals surface area contributed by atoms with E-state index in [1.165, 1.54) is 0 Å². The zero-order chi connectivity index (χ0) is 18.7. The predicted molar refractivity (Wildman–Crippen MR) is 102 cm³/mol. The molecular weight excluding hydrogens is 332 g/mol. The minimum Gasteiger partial charge on any atom is -0.478 e. The number of hydrogen-bond acceptors (Lipinski definition) is 5. The van der Waals surface area contributed by atoms with Gasteiger partial charge < -0.3 is 25.2 Å². The van der Waals surface area contributed by atoms with E-state index >= 15 is 0 Å². The molecule has 1 fully saturated rings. The standard InChI is InChI=1S/C19H32N4O3/c1-3-10-26-17-6-5-16(12-21-17)13-22-18(20-4-2)23-14-19(7-9-24)8-11-25-15-19/h5-6,12,24H,3-4,7-11,13-15H2,1-2H3,(H2,20,22,23). The normalized spacial score (nSPS) is 20.2. The van der Waals surface area contributed by atoms with Gasteiger partial charge in [0.25, 0.3) is 0 Å². The molecule has 0 aliphatic carbocycles. The van der Waals surface area contributed by atoms with E-state index in [1.54, 1.807) is 6.20 Å². The summed E-state index contributed by atoms with van der Waals surface area (Å²) in [6.07, 6.45) is 4.47. The molecule has 0 spiro atoms. The summed E-state index contributed by atoms with van der Waals surface area (Å²) in [4.78, 5) is 8.95. The van der Waals surface area contributed by atoms with Crippen LogP contribution in [0.15, 0.2) is 23.3 Å². The molecule has 0 saturated carbocycles. The summed E-state index contributed by atoms with van der Waals surface area (Å²) < 4.78 is 11.0. The van der Waals surface area contributed by atoms with Gasteiger partial charge in [-0.2, -0.15) is 0 Å². The van der Waals surface area contributed by atoms with Gasteiger partial charge in [-0.3, -0.25) is 0 Å². The highest BCUT2D eigenvalue weighted by Gasteiger charge is 2.34. The van der Waals surface area contributed by atoms with Gasteiger partial charge in [-0.1, -0.05) is 13.0 Å². The zero-order valence-corrected chi connectivity index (χ0v) is 16.0. The van der Waals surface area contributed by atoms with Crippen molar-refractivity contribution in [2.24, 2.45) is 10.4 Å². The smallest absolute Gasteiger partial charge is 0.213 e. The number of aliphatic hydroxyl groups is 1. The van der Waals surface area contributed by atoms with E-state index in [0.717, 1.165) is 50.5 Å². The fraction of sp³-hybridized carbons (Fsp3) is 0.684. The first-order chi connectivity index (χ1) is 12.7. The molecule has 3 N–H and O–H groups in total. The number of nitrogens with one attached hydrogen (secondary N) is 2. The van der Waals surface area contributed by atoms with Crippen LogP contribution in [0.3, 0.4) is 0 Å². The molecule has 2 rings (SSSR count). The Morgan fingerprint density at radius 3 is 2.88 bits per heavy atom. The lowest BCUT2D eigenvalue weighted by molar-refractivity contribution is 0.127. The molecule has 1 aliphatic heterocycles. The second-order valence-electron chi connectivity index (χ2n) is 6.68. The van der Waals surface area contributed by atoms with Crippen molar-refractivity contribution in [2.45, 2.75) is 39.7 Å². The molecule has 0 aromatic carbocycles. The van der Waals surface area contributed by atoms with Crippen LogP contribution in [-0.2, 0) is 11.3 Å². The quantitative estimate of drug-likeness (QED) is 0.433. The van der Waals surface area contributed by atoms with Crippen molar-refractivity contribution >= 4 is 5.96 Å². The number of aliphatic imine (C=N–C) groups is 1. The summed E-state index contributed by atoms with van der Waals surface area (Å²) in [5.41, 5.74) is 1.02. The molecule has 1 saturated heterocycles. The molecule has 1 atom stereocenters. The number of aromatic nitrogens is 1. The first kappa shape index (κ1) is 20.5. The molecule has 0 bridgehead atoms. The summed E-state index contributed by atoms with van der Waals surface area (Å²) >= 11 is 0. The number of aliphatic hydroxyl groups excluding tert-OH is 1. The Morgan fingerprint density at radius 1 is 1.38 bits per heavy atom. The van der Waals surface area contributed by atoms with Crippen molar-refractivity contribution in [3.8, 4) is 5.88 Å². The summed E-state index contributed by atoms with van der Waals surface area (Å²) in [7, 11) is 0. The summed E-state index contributed by atoms with van der Waals surface area (Å²) in [5, 5.41) is 16.0. The average Bonchev–Trinajstić information content (AvgIpc) is 3.12. The molecule has 2 heterocycles. The lowest BCUT2D eigenvalue weighted by Gasteiger charge is -2.27. The Bertz CT molecular complexity index is 542. The number of hydrogen-bond donors (Lipinski definition) is 3. The highest BCUT2D eigenvalue weighted by molar-refractivity contribution is 5.79. The van der Waals surface area contributed by atoms with E-state index in [1.807, 2.05) is 19.1 Å². The van der Waals surface area contributed by atoms with Crippen molar-refractivity contribution in [1.82, 2.24) is 15.6 Å². The Kier molecular flexibility index (Phi) is 8.64. The van der Waals surface area contributed by atoms with Crippen LogP contribution < -0.4 is 15.4 Å². The minimum atomic E-state index is -0.00916. The summed E-state index contributed by atoms with van der Waals surface area (Å²) in [6, 6.07) is 3.87. The number of rotatable bonds is 10. The first-order valence-electron chi connectivity index (χ1n) is 9.50. The average molecular weight is 364 g/mol. The Labute approximate surface area is 156 Å². The van der Waals surface area contributed by atoms with Crippen molar-refractivity contribution in [3.05, 3.63) is 23.9 Å². The Hall–Kier alpha value is -1.86. The van der Waals surface area contributed by atoms with E-state index in [2.05, 4.69) is 27.5 Å². The monoisotopic (exact) mass is 364 g/mol. The fourth-order valence-corrected chi connectivity index (χ4v) is 2.89. The topological polar surface area (TPSA) is 88.0 Å². The molecular formula is C19H32N4O3. The number of pyridine rings is 1. The number of guanidine groups is 1. The van der Waals surface area contributed by atoms with E-state index in [9.17, 15) is 5.11 Å². The predicted octanol–water partition coefficient (Wildman–Crippen LogP) is 1.71. The molecule has 0 amide bonds. The van der Waals surface area contributed by atoms with Crippen molar-refractivity contribution in [3.63, 3.8) is 0 Å². The highest BCUT2D eigenvalue weighted by atomic mass is 16.5. The van der Waals surface area contributed by atoms with Crippen LogP contribution in [0.4, 0.5) is 0 Å². The van der Waals surface area contributed by atoms with Crippen LogP contribution in [-0.4, -0.2) is 55.6 Å². The van der Waals surface area contributed by atoms with Gasteiger partial charge >= 0.3 is 0 Å². The maximum Gasteiger partial charge on any atom is 0.213 e. The molecule has 1 unspecified atom stereocenters. The lowest BCUT2D eigenvalue weighted by Crippen LogP contribution is -2.44. The minimum absolute atomic E-state index is 0.00916. The largest absolute Gasteiger partial charge is 0.478 e. The molecule has 7 heteroatoms. The molecule has 0 radical (unpaired) electrons. The molecule has 146 valence electrons. The summed E-state index contributed by atoms with van der Waals surface area (Å²) in [6.45, 7) is 8.48. The van der Waals surface area contributed by atoms with Crippen LogP contribution in [0.1, 0.15) is 38.7 Å². The van der Waals surface area contributed by atoms with E-state index in [-0.39, 0.29) is 12.0 Å². The van der Waals surface area contributed by atoms with Gasteiger partial charge in [0.05, 0.1) is 19.8 Å². The van der Waals surface area contributed by atoms with Crippen LogP contribution >= 0.6 is 0 Å². The maximum atomic E-state index is 9.34. The molecule has 26 heavy (non-hydrogen) atoms. The van der Waals surface area contributed by atoms with Crippen molar-refractivity contribution in [2.75, 3.05) is 39.5 Å². The Morgan fingerprint density at radius 2 is 2.27 bits per heavy atom. The van der Waals surface area contributed by atoms with Crippen LogP contribution in [0.5, 0.6) is 5.88 Å². The van der Waals surface area contributed by atoms with Gasteiger partial charge in [-0.25, -0.2) is 9.98 Å². The second-order valence-corrected chi connectivity index (χ2v) is 6.68. The highest BCUT2D eigenvalue weighted by Crippen LogP contribution is 2.31. The summed E-state index contributed by atoms with van der Waals surface area (Å²) in [5.74, 6) is 1.42. The molecule has 7 nitrogen and oxygen atoms in total. The molecule has 1 aromatic heterocycles. The third kappa shape index (κ3) is 6.46. The first-order valence-corrected chi connectivity index (χ1v) is 9.50. The van der Waals surface area contributed by atoms with Gasteiger partial charge in [0.15, 0.2) is 5.96 Å². The molecule has 1 aromatic rings. The van der Waals surface area contributed by atoms with Crippen LogP contribution in [0.25, 0.3) is 0 Å². The van der Waals surface area contributed by atoms with Crippen molar-refractivity contribution in [1.29, 1.82) is 0 Å². The SMILES string of the molecule is CCCOc1ccc(CN=C(NCC)NCC2(CCO)CCOC2)cn1.